The van der Waals surface area contributed by atoms with Crippen molar-refractivity contribution in [3.8, 4) is 0 Å². The zero-order valence-corrected chi connectivity index (χ0v) is 9.98. The lowest BCUT2D eigenvalue weighted by Gasteiger charge is -2.26. The van der Waals surface area contributed by atoms with Crippen LogP contribution >= 0.6 is 0 Å². The monoisotopic (exact) mass is 268 g/mol. The number of ether oxygens (including phenoxy) is 1. The molecule has 102 valence electrons. The number of carbonyl (C=O) groups is 2. The molecular formula is C12H13FN2O4. The molecule has 0 spiro atoms. The van der Waals surface area contributed by atoms with Crippen molar-refractivity contribution in [3.63, 3.8) is 0 Å². The highest BCUT2D eigenvalue weighted by atomic mass is 19.1. The first-order chi connectivity index (χ1) is 8.94. The Labute approximate surface area is 108 Å². The van der Waals surface area contributed by atoms with Gasteiger partial charge in [0.05, 0.1) is 12.2 Å². The average Bonchev–Trinajstić information content (AvgIpc) is 2.81. The number of hydrogen-bond donors (Lipinski definition) is 3. The van der Waals surface area contributed by atoms with Gasteiger partial charge >= 0.3 is 5.97 Å². The molecule has 1 aliphatic rings. The second-order valence-electron chi connectivity index (χ2n) is 4.37. The van der Waals surface area contributed by atoms with Crippen LogP contribution in [0.25, 0.3) is 0 Å². The van der Waals surface area contributed by atoms with Crippen LogP contribution in [-0.4, -0.2) is 35.7 Å². The van der Waals surface area contributed by atoms with Gasteiger partial charge in [-0.1, -0.05) is 0 Å². The van der Waals surface area contributed by atoms with E-state index < -0.39 is 23.2 Å². The molecule has 0 saturated carbocycles. The topological polar surface area (TPSA) is 102 Å². The van der Waals surface area contributed by atoms with Crippen molar-refractivity contribution in [1.82, 2.24) is 0 Å². The Morgan fingerprint density at radius 3 is 2.74 bits per heavy atom. The number of primary amides is 1. The number of nitrogens with two attached hydrogens (primary N) is 1. The Morgan fingerprint density at radius 2 is 2.21 bits per heavy atom. The summed E-state index contributed by atoms with van der Waals surface area (Å²) in [6, 6.07) is 3.38. The van der Waals surface area contributed by atoms with Crippen molar-refractivity contribution < 1.29 is 23.8 Å². The van der Waals surface area contributed by atoms with E-state index in [1.165, 1.54) is 6.07 Å². The van der Waals surface area contributed by atoms with Gasteiger partial charge in [-0.25, -0.2) is 9.18 Å². The fourth-order valence-electron chi connectivity index (χ4n) is 1.97. The summed E-state index contributed by atoms with van der Waals surface area (Å²) in [7, 11) is 0. The summed E-state index contributed by atoms with van der Waals surface area (Å²) in [5.74, 6) is -2.54. The number of carboxylic acid groups (broad SMARTS) is 1. The lowest BCUT2D eigenvalue weighted by atomic mass is 9.97. The number of benzene rings is 1. The van der Waals surface area contributed by atoms with Gasteiger partial charge in [-0.15, -0.1) is 0 Å². The van der Waals surface area contributed by atoms with Gasteiger partial charge in [0.25, 0.3) is 5.91 Å². The number of carbonyl (C=O) groups excluding carboxylic acids is 1. The Kier molecular flexibility index (Phi) is 3.39. The van der Waals surface area contributed by atoms with Crippen molar-refractivity contribution in [2.24, 2.45) is 5.73 Å². The molecule has 1 fully saturated rings. The second kappa shape index (κ2) is 4.85. The van der Waals surface area contributed by atoms with E-state index in [4.69, 9.17) is 10.5 Å². The first kappa shape index (κ1) is 13.3. The average molecular weight is 268 g/mol. The highest BCUT2D eigenvalue weighted by Crippen LogP contribution is 2.27. The third-order valence-electron chi connectivity index (χ3n) is 3.05. The summed E-state index contributed by atoms with van der Waals surface area (Å²) in [5.41, 5.74) is 3.93. The van der Waals surface area contributed by atoms with Crippen LogP contribution in [0.3, 0.4) is 0 Å². The molecule has 2 rings (SSSR count). The van der Waals surface area contributed by atoms with Crippen LogP contribution in [0.5, 0.6) is 0 Å². The number of carboxylic acids is 1. The Morgan fingerprint density at radius 1 is 1.47 bits per heavy atom. The molecule has 19 heavy (non-hydrogen) atoms. The third-order valence-corrected chi connectivity index (χ3v) is 3.05. The number of hydrogen-bond acceptors (Lipinski definition) is 4. The van der Waals surface area contributed by atoms with Gasteiger partial charge in [-0.05, 0) is 18.2 Å². The molecule has 0 aromatic heterocycles. The van der Waals surface area contributed by atoms with Crippen LogP contribution in [0.2, 0.25) is 0 Å². The summed E-state index contributed by atoms with van der Waals surface area (Å²) in [4.78, 5) is 22.6. The van der Waals surface area contributed by atoms with Crippen LogP contribution in [0.15, 0.2) is 18.2 Å². The summed E-state index contributed by atoms with van der Waals surface area (Å²) < 4.78 is 18.2. The van der Waals surface area contributed by atoms with Crippen molar-refractivity contribution in [3.05, 3.63) is 29.6 Å². The molecule has 1 amide bonds. The predicted molar refractivity (Wildman–Crippen MR) is 64.3 cm³/mol. The summed E-state index contributed by atoms with van der Waals surface area (Å²) in [5, 5.41) is 12.0. The predicted octanol–water partition coefficient (Wildman–Crippen LogP) is 0.580. The smallest absolute Gasteiger partial charge is 0.331 e. The van der Waals surface area contributed by atoms with E-state index in [9.17, 15) is 19.1 Å². The summed E-state index contributed by atoms with van der Waals surface area (Å²) in [6.45, 7) is 0.268. The Hall–Kier alpha value is -2.15. The molecule has 1 aliphatic heterocycles. The number of halogens is 1. The fourth-order valence-corrected chi connectivity index (χ4v) is 1.97. The minimum absolute atomic E-state index is 0.0298. The van der Waals surface area contributed by atoms with Gasteiger partial charge in [-0.3, -0.25) is 4.79 Å². The molecule has 0 radical (unpaired) electrons. The summed E-state index contributed by atoms with van der Waals surface area (Å²) in [6.07, 6.45) is 0.248. The van der Waals surface area contributed by atoms with Gasteiger partial charge < -0.3 is 20.9 Å². The number of rotatable bonds is 4. The van der Waals surface area contributed by atoms with E-state index in [1.54, 1.807) is 0 Å². The number of nitrogens with one attached hydrogen (secondary N) is 1. The van der Waals surface area contributed by atoms with E-state index in [-0.39, 0.29) is 24.3 Å². The van der Waals surface area contributed by atoms with E-state index >= 15 is 0 Å². The highest BCUT2D eigenvalue weighted by Gasteiger charge is 2.43. The number of anilines is 1. The van der Waals surface area contributed by atoms with Gasteiger partial charge in [-0.2, -0.15) is 0 Å². The molecule has 1 aromatic carbocycles. The zero-order chi connectivity index (χ0) is 14.0. The van der Waals surface area contributed by atoms with Gasteiger partial charge in [0.1, 0.15) is 5.82 Å². The normalized spacial score (nSPS) is 22.2. The lowest BCUT2D eigenvalue weighted by Crippen LogP contribution is -2.47. The molecular weight excluding hydrogens is 255 g/mol. The van der Waals surface area contributed by atoms with Crippen LogP contribution in [0, 0.1) is 5.82 Å². The minimum Gasteiger partial charge on any atom is -0.479 e. The lowest BCUT2D eigenvalue weighted by molar-refractivity contribution is -0.142. The van der Waals surface area contributed by atoms with Crippen molar-refractivity contribution in [2.45, 2.75) is 12.0 Å². The molecule has 1 saturated heterocycles. The molecule has 4 N–H and O–H groups in total. The van der Waals surface area contributed by atoms with E-state index in [0.29, 0.717) is 6.61 Å². The summed E-state index contributed by atoms with van der Waals surface area (Å²) >= 11 is 0. The quantitative estimate of drug-likeness (QED) is 0.741. The number of amides is 1. The standard InChI is InChI=1S/C12H13FN2O4/c13-7-1-2-9(8(5-7)10(14)16)15-12(11(17)18)3-4-19-6-12/h1-2,5,15H,3-4,6H2,(H2,14,16)(H,17,18). The van der Waals surface area contributed by atoms with E-state index in [1.807, 2.05) is 0 Å². The zero-order valence-electron chi connectivity index (χ0n) is 9.98. The Balaban J connectivity index is 2.37. The van der Waals surface area contributed by atoms with Crippen LogP contribution < -0.4 is 11.1 Å². The Bertz CT molecular complexity index is 526. The fraction of sp³-hybridized carbons (Fsp3) is 0.333. The van der Waals surface area contributed by atoms with Crippen molar-refractivity contribution >= 4 is 17.6 Å². The third kappa shape index (κ3) is 2.50. The maximum atomic E-state index is 13.1. The molecule has 0 bridgehead atoms. The van der Waals surface area contributed by atoms with Gasteiger partial charge in [0, 0.05) is 18.7 Å². The molecule has 1 heterocycles. The highest BCUT2D eigenvalue weighted by molar-refractivity contribution is 5.99. The maximum absolute atomic E-state index is 13.1. The molecule has 0 aliphatic carbocycles. The van der Waals surface area contributed by atoms with Crippen LogP contribution in [0.4, 0.5) is 10.1 Å². The minimum atomic E-state index is -1.32. The van der Waals surface area contributed by atoms with Crippen molar-refractivity contribution in [1.29, 1.82) is 0 Å². The maximum Gasteiger partial charge on any atom is 0.331 e. The molecule has 1 unspecified atom stereocenters. The van der Waals surface area contributed by atoms with E-state index in [0.717, 1.165) is 12.1 Å². The van der Waals surface area contributed by atoms with Crippen molar-refractivity contribution in [2.75, 3.05) is 18.5 Å². The van der Waals surface area contributed by atoms with E-state index in [2.05, 4.69) is 5.32 Å². The van der Waals surface area contributed by atoms with Crippen LogP contribution in [-0.2, 0) is 9.53 Å². The molecule has 6 nitrogen and oxygen atoms in total. The van der Waals surface area contributed by atoms with Crippen LogP contribution in [0.1, 0.15) is 16.8 Å². The first-order valence-corrected chi connectivity index (χ1v) is 5.63. The number of aliphatic carboxylic acids is 1. The largest absolute Gasteiger partial charge is 0.479 e. The van der Waals surface area contributed by atoms with Gasteiger partial charge in [0.15, 0.2) is 5.54 Å². The second-order valence-corrected chi connectivity index (χ2v) is 4.37. The molecule has 1 atom stereocenters. The molecule has 1 aromatic rings. The molecule has 7 heteroatoms. The van der Waals surface area contributed by atoms with Gasteiger partial charge in [0.2, 0.25) is 0 Å². The SMILES string of the molecule is NC(=O)c1cc(F)ccc1NC1(C(=O)O)CCOC1. The first-order valence-electron chi connectivity index (χ1n) is 5.63.